The van der Waals surface area contributed by atoms with Gasteiger partial charge in [-0.05, 0) is 40.7 Å². The number of halogens is 1. The zero-order valence-corrected chi connectivity index (χ0v) is 17.5. The molecule has 1 atom stereocenters. The first-order valence-corrected chi connectivity index (χ1v) is 9.70. The molecule has 0 bridgehead atoms. The third kappa shape index (κ3) is 4.58. The zero-order chi connectivity index (χ0) is 20.0. The number of piperazine rings is 1. The van der Waals surface area contributed by atoms with Crippen molar-refractivity contribution in [2.75, 3.05) is 42.5 Å². The Hall–Kier alpha value is -1.73. The van der Waals surface area contributed by atoms with Gasteiger partial charge in [-0.3, -0.25) is 0 Å². The summed E-state index contributed by atoms with van der Waals surface area (Å²) in [6.07, 6.45) is 1.36. The van der Waals surface area contributed by atoms with Crippen molar-refractivity contribution in [3.05, 3.63) is 17.3 Å². The monoisotopic (exact) mass is 396 g/mol. The molecule has 2 aliphatic heterocycles. The number of hydrogen-bond donors (Lipinski definition) is 1. The van der Waals surface area contributed by atoms with E-state index >= 15 is 0 Å². The number of β-amino-alcohol motifs (C(OH)–C–C–N with tert-alkyl or cyclic N) is 1. The summed E-state index contributed by atoms with van der Waals surface area (Å²) in [5.41, 5.74) is -0.260. The molecule has 7 nitrogen and oxygen atoms in total. The molecule has 0 radical (unpaired) electrons. The first-order chi connectivity index (χ1) is 12.5. The van der Waals surface area contributed by atoms with E-state index in [2.05, 4.69) is 21.7 Å². The van der Waals surface area contributed by atoms with Gasteiger partial charge in [-0.2, -0.15) is 0 Å². The first-order valence-electron chi connectivity index (χ1n) is 9.33. The lowest BCUT2D eigenvalue weighted by Crippen LogP contribution is -2.61. The number of nitrogens with zero attached hydrogens (tertiary/aromatic N) is 4. The number of amides is 1. The number of ether oxygens (including phenoxy) is 1. The lowest BCUT2D eigenvalue weighted by atomic mass is 9.96. The van der Waals surface area contributed by atoms with Gasteiger partial charge in [0, 0.05) is 45.0 Å². The summed E-state index contributed by atoms with van der Waals surface area (Å²) in [6, 6.07) is 1.98. The van der Waals surface area contributed by atoms with E-state index in [1.54, 1.807) is 11.1 Å². The van der Waals surface area contributed by atoms with Gasteiger partial charge in [0.05, 0.1) is 16.3 Å². The van der Waals surface area contributed by atoms with Crippen LogP contribution >= 0.6 is 11.6 Å². The molecule has 0 unspecified atom stereocenters. The van der Waals surface area contributed by atoms with Crippen LogP contribution in [0, 0.1) is 0 Å². The lowest BCUT2D eigenvalue weighted by molar-refractivity contribution is 0.0216. The van der Waals surface area contributed by atoms with E-state index in [9.17, 15) is 9.90 Å². The number of aromatic nitrogens is 1. The second-order valence-electron chi connectivity index (χ2n) is 8.82. The largest absolute Gasteiger partial charge is 0.444 e. The predicted molar refractivity (Wildman–Crippen MR) is 107 cm³/mol. The van der Waals surface area contributed by atoms with Gasteiger partial charge in [0.15, 0.2) is 5.82 Å². The molecular weight excluding hydrogens is 368 g/mol. The molecule has 0 saturated carbocycles. The molecule has 150 valence electrons. The Bertz CT molecular complexity index is 711. The van der Waals surface area contributed by atoms with Gasteiger partial charge in [-0.1, -0.05) is 11.6 Å². The van der Waals surface area contributed by atoms with Crippen molar-refractivity contribution in [2.24, 2.45) is 0 Å². The molecule has 0 aliphatic carbocycles. The van der Waals surface area contributed by atoms with Crippen molar-refractivity contribution >= 4 is 29.2 Å². The van der Waals surface area contributed by atoms with Crippen LogP contribution in [0.15, 0.2) is 12.3 Å². The topological polar surface area (TPSA) is 69.1 Å². The number of carbonyl (C=O) groups is 1. The predicted octanol–water partition coefficient (Wildman–Crippen LogP) is 2.75. The molecule has 2 fully saturated rings. The number of rotatable bonds is 2. The molecule has 3 heterocycles. The van der Waals surface area contributed by atoms with E-state index in [0.29, 0.717) is 37.7 Å². The SMILES string of the molecule is C[C@H]1CN(C(=O)OC(C)(C)C)CCN1c1ncc(Cl)cc1N1CC(C)(O)C1. The van der Waals surface area contributed by atoms with Crippen molar-refractivity contribution in [1.82, 2.24) is 9.88 Å². The van der Waals surface area contributed by atoms with E-state index in [1.807, 2.05) is 33.8 Å². The molecule has 1 N–H and O–H groups in total. The Labute approximate surface area is 165 Å². The number of anilines is 2. The van der Waals surface area contributed by atoms with Crippen molar-refractivity contribution in [2.45, 2.75) is 51.9 Å². The molecule has 0 spiro atoms. The normalized spacial score (nSPS) is 22.5. The molecular formula is C19H29ClN4O3. The van der Waals surface area contributed by atoms with Crippen LogP contribution in [-0.2, 0) is 4.74 Å². The Balaban J connectivity index is 1.74. The number of pyridine rings is 1. The van der Waals surface area contributed by atoms with E-state index < -0.39 is 11.2 Å². The number of hydrogen-bond acceptors (Lipinski definition) is 6. The Morgan fingerprint density at radius 3 is 2.59 bits per heavy atom. The van der Waals surface area contributed by atoms with Crippen LogP contribution in [0.4, 0.5) is 16.3 Å². The fourth-order valence-electron chi connectivity index (χ4n) is 3.59. The summed E-state index contributed by atoms with van der Waals surface area (Å²) in [6.45, 7) is 12.4. The van der Waals surface area contributed by atoms with Crippen LogP contribution in [0.25, 0.3) is 0 Å². The standard InChI is InChI=1S/C19H29ClN4O3/c1-13-10-22(17(25)27-18(2,3)4)6-7-24(13)16-15(8-14(20)9-21-16)23-11-19(5,26)12-23/h8-9,13,26H,6-7,10-12H2,1-5H3/t13-/m0/s1. The summed E-state index contributed by atoms with van der Waals surface area (Å²) in [7, 11) is 0. The summed E-state index contributed by atoms with van der Waals surface area (Å²) in [5, 5.41) is 10.7. The highest BCUT2D eigenvalue weighted by atomic mass is 35.5. The summed E-state index contributed by atoms with van der Waals surface area (Å²) in [5.74, 6) is 0.839. The van der Waals surface area contributed by atoms with E-state index in [-0.39, 0.29) is 12.1 Å². The van der Waals surface area contributed by atoms with Crippen molar-refractivity contribution < 1.29 is 14.6 Å². The maximum absolute atomic E-state index is 12.4. The van der Waals surface area contributed by atoms with Crippen LogP contribution in [0.1, 0.15) is 34.6 Å². The molecule has 27 heavy (non-hydrogen) atoms. The van der Waals surface area contributed by atoms with Gasteiger partial charge in [-0.25, -0.2) is 9.78 Å². The van der Waals surface area contributed by atoms with Gasteiger partial charge in [-0.15, -0.1) is 0 Å². The van der Waals surface area contributed by atoms with Gasteiger partial charge in [0.2, 0.25) is 0 Å². The van der Waals surface area contributed by atoms with E-state index in [0.717, 1.165) is 11.5 Å². The Morgan fingerprint density at radius 2 is 2.04 bits per heavy atom. The van der Waals surface area contributed by atoms with E-state index in [1.165, 1.54) is 0 Å². The van der Waals surface area contributed by atoms with Crippen LogP contribution < -0.4 is 9.80 Å². The highest BCUT2D eigenvalue weighted by Crippen LogP contribution is 2.37. The highest BCUT2D eigenvalue weighted by molar-refractivity contribution is 6.30. The molecule has 3 rings (SSSR count). The minimum atomic E-state index is -0.680. The maximum Gasteiger partial charge on any atom is 0.410 e. The van der Waals surface area contributed by atoms with Gasteiger partial charge in [0.1, 0.15) is 5.60 Å². The Kier molecular flexibility index (Phi) is 5.20. The smallest absolute Gasteiger partial charge is 0.410 e. The van der Waals surface area contributed by atoms with Gasteiger partial charge in [0.25, 0.3) is 0 Å². The summed E-state index contributed by atoms with van der Waals surface area (Å²) >= 11 is 6.17. The fourth-order valence-corrected chi connectivity index (χ4v) is 3.74. The molecule has 0 aromatic carbocycles. The van der Waals surface area contributed by atoms with Crippen LogP contribution in [-0.4, -0.2) is 71.1 Å². The van der Waals surface area contributed by atoms with Gasteiger partial charge < -0.3 is 24.5 Å². The third-order valence-electron chi connectivity index (χ3n) is 4.77. The van der Waals surface area contributed by atoms with Crippen LogP contribution in [0.3, 0.4) is 0 Å². The first kappa shape index (κ1) is 20.0. The third-order valence-corrected chi connectivity index (χ3v) is 4.98. The molecule has 1 aromatic rings. The van der Waals surface area contributed by atoms with Crippen molar-refractivity contribution in [1.29, 1.82) is 0 Å². The average molecular weight is 397 g/mol. The van der Waals surface area contributed by atoms with E-state index in [4.69, 9.17) is 16.3 Å². The molecule has 1 amide bonds. The quantitative estimate of drug-likeness (QED) is 0.828. The number of aliphatic hydroxyl groups is 1. The molecule has 1 aromatic heterocycles. The summed E-state index contributed by atoms with van der Waals surface area (Å²) in [4.78, 5) is 23.0. The second-order valence-corrected chi connectivity index (χ2v) is 9.25. The van der Waals surface area contributed by atoms with Crippen LogP contribution in [0.2, 0.25) is 5.02 Å². The lowest BCUT2D eigenvalue weighted by Gasteiger charge is -2.48. The minimum Gasteiger partial charge on any atom is -0.444 e. The maximum atomic E-state index is 12.4. The average Bonchev–Trinajstić information content (AvgIpc) is 2.51. The minimum absolute atomic E-state index is 0.0838. The molecule has 8 heteroatoms. The fraction of sp³-hybridized carbons (Fsp3) is 0.684. The summed E-state index contributed by atoms with van der Waals surface area (Å²) < 4.78 is 5.49. The molecule has 2 aliphatic rings. The second kappa shape index (κ2) is 7.02. The highest BCUT2D eigenvalue weighted by Gasteiger charge is 2.39. The number of carbonyl (C=O) groups excluding carboxylic acids is 1. The Morgan fingerprint density at radius 1 is 1.37 bits per heavy atom. The van der Waals surface area contributed by atoms with Crippen molar-refractivity contribution in [3.8, 4) is 0 Å². The van der Waals surface area contributed by atoms with Crippen molar-refractivity contribution in [3.63, 3.8) is 0 Å². The zero-order valence-electron chi connectivity index (χ0n) is 16.7. The molecule has 2 saturated heterocycles. The van der Waals surface area contributed by atoms with Crippen LogP contribution in [0.5, 0.6) is 0 Å². The van der Waals surface area contributed by atoms with Gasteiger partial charge >= 0.3 is 6.09 Å².